The van der Waals surface area contributed by atoms with E-state index < -0.39 is 29.5 Å². The highest BCUT2D eigenvalue weighted by Crippen LogP contribution is 2.19. The van der Waals surface area contributed by atoms with Crippen LogP contribution in [0.15, 0.2) is 34.8 Å². The first-order valence-electron chi connectivity index (χ1n) is 11.8. The molecule has 3 atom stereocenters. The molecule has 0 bridgehead atoms. The van der Waals surface area contributed by atoms with Gasteiger partial charge in [-0.3, -0.25) is 24.4 Å². The highest BCUT2D eigenvalue weighted by atomic mass is 79.9. The van der Waals surface area contributed by atoms with Crippen molar-refractivity contribution in [3.63, 3.8) is 0 Å². The van der Waals surface area contributed by atoms with Gasteiger partial charge in [-0.2, -0.15) is 0 Å². The van der Waals surface area contributed by atoms with Crippen molar-refractivity contribution >= 4 is 44.6 Å². The Morgan fingerprint density at radius 1 is 1.26 bits per heavy atom. The van der Waals surface area contributed by atoms with Crippen LogP contribution in [0.3, 0.4) is 0 Å². The highest BCUT2D eigenvalue weighted by Gasteiger charge is 2.38. The Balaban J connectivity index is 0.000000279. The summed E-state index contributed by atoms with van der Waals surface area (Å²) in [6.45, 7) is 9.13. The molecule has 1 aliphatic heterocycles. The first-order valence-corrected chi connectivity index (χ1v) is 12.6. The number of aryl methyl sites for hydroxylation is 1. The minimum Gasteiger partial charge on any atom is -0.383 e. The number of rotatable bonds is 6. The van der Waals surface area contributed by atoms with Gasteiger partial charge in [0.2, 0.25) is 11.8 Å². The number of nitrogens with two attached hydrogens (primary N) is 1. The Kier molecular flexibility index (Phi) is 10.2. The number of hydrogen-bond acceptors (Lipinski definition) is 6. The second kappa shape index (κ2) is 12.4. The molecule has 2 heterocycles. The number of halogens is 1. The van der Waals surface area contributed by atoms with E-state index in [9.17, 15) is 19.5 Å². The Bertz CT molecular complexity index is 1060. The molecule has 0 saturated carbocycles. The summed E-state index contributed by atoms with van der Waals surface area (Å²) in [6.07, 6.45) is 0.995. The average molecular weight is 550 g/mol. The van der Waals surface area contributed by atoms with E-state index in [1.165, 1.54) is 17.3 Å². The lowest BCUT2D eigenvalue weighted by molar-refractivity contribution is -0.146. The number of nitrogens with one attached hydrogen (secondary N) is 2. The maximum absolute atomic E-state index is 12.4. The predicted octanol–water partition coefficient (Wildman–Crippen LogP) is 2.44. The lowest BCUT2D eigenvalue weighted by atomic mass is 9.94. The van der Waals surface area contributed by atoms with Gasteiger partial charge in [-0.25, -0.2) is 5.43 Å². The van der Waals surface area contributed by atoms with Gasteiger partial charge in [-0.15, -0.1) is 0 Å². The van der Waals surface area contributed by atoms with Crippen molar-refractivity contribution in [3.8, 4) is 0 Å². The van der Waals surface area contributed by atoms with Crippen molar-refractivity contribution in [2.24, 2.45) is 11.7 Å². The predicted molar refractivity (Wildman–Crippen MR) is 139 cm³/mol. The van der Waals surface area contributed by atoms with Crippen molar-refractivity contribution in [2.75, 3.05) is 6.54 Å². The van der Waals surface area contributed by atoms with Crippen LogP contribution < -0.4 is 16.5 Å². The number of fused-ring (bicyclic) bond motifs is 1. The van der Waals surface area contributed by atoms with Gasteiger partial charge in [-0.1, -0.05) is 48.8 Å². The molecule has 0 aliphatic carbocycles. The summed E-state index contributed by atoms with van der Waals surface area (Å²) in [7, 11) is 0. The number of hydrazine groups is 1. The van der Waals surface area contributed by atoms with E-state index in [0.29, 0.717) is 19.4 Å². The summed E-state index contributed by atoms with van der Waals surface area (Å²) in [4.78, 5) is 40.1. The van der Waals surface area contributed by atoms with E-state index in [0.717, 1.165) is 22.1 Å². The molecule has 3 amide bonds. The Labute approximate surface area is 214 Å². The minimum atomic E-state index is -1.17. The van der Waals surface area contributed by atoms with Crippen LogP contribution in [0.5, 0.6) is 0 Å². The zero-order valence-corrected chi connectivity index (χ0v) is 22.6. The molecule has 10 heteroatoms. The summed E-state index contributed by atoms with van der Waals surface area (Å²) in [5, 5.41) is 14.7. The fraction of sp³-hybridized carbons (Fsp3) is 0.520. The smallest absolute Gasteiger partial charge is 0.258 e. The van der Waals surface area contributed by atoms with E-state index in [4.69, 9.17) is 5.73 Å². The molecule has 0 radical (unpaired) electrons. The third kappa shape index (κ3) is 7.71. The van der Waals surface area contributed by atoms with Crippen molar-refractivity contribution in [3.05, 3.63) is 40.5 Å². The third-order valence-electron chi connectivity index (χ3n) is 5.95. The normalized spacial score (nSPS) is 19.5. The molecule has 1 fully saturated rings. The summed E-state index contributed by atoms with van der Waals surface area (Å²) >= 11 is 3.44. The van der Waals surface area contributed by atoms with Gasteiger partial charge in [0.1, 0.15) is 17.7 Å². The molecule has 9 nitrogen and oxygen atoms in total. The number of aliphatic hydroxyl groups excluding tert-OH is 1. The summed E-state index contributed by atoms with van der Waals surface area (Å²) in [6, 6.07) is 9.54. The number of hydrogen-bond donors (Lipinski definition) is 4. The number of pyridine rings is 1. The van der Waals surface area contributed by atoms with Crippen LogP contribution in [0.4, 0.5) is 0 Å². The summed E-state index contributed by atoms with van der Waals surface area (Å²) < 4.78 is 1.08. The maximum Gasteiger partial charge on any atom is 0.258 e. The summed E-state index contributed by atoms with van der Waals surface area (Å²) in [5.74, 6) is -1.74. The molecule has 192 valence electrons. The topological polar surface area (TPSA) is 138 Å². The first-order chi connectivity index (χ1) is 16.4. The molecule has 5 N–H and O–H groups in total. The van der Waals surface area contributed by atoms with Gasteiger partial charge in [0.15, 0.2) is 0 Å². The van der Waals surface area contributed by atoms with Crippen LogP contribution >= 0.6 is 15.9 Å². The SMILES string of the molecule is CC(NC(=O)C(O)C(C)C)C(=O)N1CCCC(C)(C(N)=O)N1.CCc1ccc2ccc(Br)cc2n1. The number of aliphatic hydroxyl groups is 1. The molecule has 2 aromatic rings. The van der Waals surface area contributed by atoms with Crippen molar-refractivity contribution in [2.45, 2.75) is 71.6 Å². The number of amides is 3. The zero-order chi connectivity index (χ0) is 26.3. The fourth-order valence-corrected chi connectivity index (χ4v) is 3.92. The van der Waals surface area contributed by atoms with Gasteiger partial charge in [0.05, 0.1) is 5.52 Å². The van der Waals surface area contributed by atoms with Crippen molar-refractivity contribution < 1.29 is 19.5 Å². The molecule has 35 heavy (non-hydrogen) atoms. The molecule has 3 rings (SSSR count). The molecular weight excluding hydrogens is 514 g/mol. The first kappa shape index (κ1) is 28.7. The number of carbonyl (C=O) groups is 3. The molecule has 0 spiro atoms. The van der Waals surface area contributed by atoms with E-state index in [-0.39, 0.29) is 11.8 Å². The number of aromatic nitrogens is 1. The lowest BCUT2D eigenvalue weighted by Gasteiger charge is -2.40. The van der Waals surface area contributed by atoms with Crippen LogP contribution in [0.2, 0.25) is 0 Å². The minimum absolute atomic E-state index is 0.242. The number of carbonyl (C=O) groups excluding carboxylic acids is 3. The standard InChI is InChI=1S/C14H26N4O4.C11H10BrN/c1-8(2)10(19)11(20)16-9(3)12(21)18-7-5-6-14(4,17-18)13(15)22;1-2-10-6-4-8-3-5-9(12)7-11(8)13-10/h8-10,17,19H,5-7H2,1-4H3,(H2,15,22)(H,16,20);3-7H,2H2,1H3. The Morgan fingerprint density at radius 3 is 2.51 bits per heavy atom. The molecular formula is C25H36BrN5O4. The molecule has 1 aliphatic rings. The van der Waals surface area contributed by atoms with Crippen molar-refractivity contribution in [1.82, 2.24) is 20.7 Å². The molecule has 1 saturated heterocycles. The van der Waals surface area contributed by atoms with Crippen LogP contribution in [0.1, 0.15) is 53.2 Å². The van der Waals surface area contributed by atoms with Crippen molar-refractivity contribution in [1.29, 1.82) is 0 Å². The average Bonchev–Trinajstić information content (AvgIpc) is 2.82. The van der Waals surface area contributed by atoms with Gasteiger partial charge in [0.25, 0.3) is 5.91 Å². The van der Waals surface area contributed by atoms with Gasteiger partial charge in [-0.05, 0) is 57.2 Å². The highest BCUT2D eigenvalue weighted by molar-refractivity contribution is 9.10. The quantitative estimate of drug-likeness (QED) is 0.436. The maximum atomic E-state index is 12.4. The molecule has 1 aromatic carbocycles. The lowest BCUT2D eigenvalue weighted by Crippen LogP contribution is -2.66. The number of primary amides is 1. The molecule has 1 aromatic heterocycles. The second-order valence-electron chi connectivity index (χ2n) is 9.31. The fourth-order valence-electron chi connectivity index (χ4n) is 3.57. The number of benzene rings is 1. The molecule has 3 unspecified atom stereocenters. The monoisotopic (exact) mass is 549 g/mol. The summed E-state index contributed by atoms with van der Waals surface area (Å²) in [5.41, 5.74) is 9.41. The van der Waals surface area contributed by atoms with Gasteiger partial charge in [0, 0.05) is 22.1 Å². The zero-order valence-electron chi connectivity index (χ0n) is 21.0. The van der Waals surface area contributed by atoms with Crippen LogP contribution in [0.25, 0.3) is 10.9 Å². The largest absolute Gasteiger partial charge is 0.383 e. The third-order valence-corrected chi connectivity index (χ3v) is 6.45. The van der Waals surface area contributed by atoms with E-state index in [1.807, 2.05) is 6.07 Å². The number of nitrogens with zero attached hydrogens (tertiary/aromatic N) is 2. The van der Waals surface area contributed by atoms with E-state index in [2.05, 4.69) is 62.8 Å². The Morgan fingerprint density at radius 2 is 1.91 bits per heavy atom. The van der Waals surface area contributed by atoms with Crippen LogP contribution in [-0.4, -0.2) is 57.1 Å². The van der Waals surface area contributed by atoms with E-state index in [1.54, 1.807) is 20.8 Å². The van der Waals surface area contributed by atoms with Gasteiger partial charge >= 0.3 is 0 Å². The van der Waals surface area contributed by atoms with Crippen LogP contribution in [0, 0.1) is 5.92 Å². The Hall–Kier alpha value is -2.56. The van der Waals surface area contributed by atoms with E-state index >= 15 is 0 Å². The van der Waals surface area contributed by atoms with Gasteiger partial charge < -0.3 is 16.2 Å². The second-order valence-corrected chi connectivity index (χ2v) is 10.2. The van der Waals surface area contributed by atoms with Crippen LogP contribution in [-0.2, 0) is 20.8 Å².